The van der Waals surface area contributed by atoms with E-state index in [-0.39, 0.29) is 23.0 Å². The second-order valence-electron chi connectivity index (χ2n) is 9.09. The Bertz CT molecular complexity index is 1060. The maximum Gasteiger partial charge on any atom is 0.393 e. The Labute approximate surface area is 173 Å². The van der Waals surface area contributed by atoms with E-state index < -0.39 is 48.4 Å². The van der Waals surface area contributed by atoms with Gasteiger partial charge in [-0.2, -0.15) is 18.2 Å². The third-order valence-corrected chi connectivity index (χ3v) is 7.51. The summed E-state index contributed by atoms with van der Waals surface area (Å²) in [5.41, 5.74) is -0.440. The third kappa shape index (κ3) is 2.61. The Morgan fingerprint density at radius 1 is 1.13 bits per heavy atom. The Balaban J connectivity index is 1.42. The van der Waals surface area contributed by atoms with Crippen molar-refractivity contribution in [3.8, 4) is 0 Å². The lowest BCUT2D eigenvalue weighted by Crippen LogP contribution is -2.37. The molecule has 1 aliphatic carbocycles. The fourth-order valence-corrected chi connectivity index (χ4v) is 6.02. The lowest BCUT2D eigenvalue weighted by atomic mass is 9.84. The van der Waals surface area contributed by atoms with Crippen molar-refractivity contribution >= 4 is 5.95 Å². The molecule has 2 unspecified atom stereocenters. The highest BCUT2D eigenvalue weighted by molar-refractivity contribution is 5.57. The van der Waals surface area contributed by atoms with Gasteiger partial charge in [0.2, 0.25) is 5.95 Å². The summed E-state index contributed by atoms with van der Waals surface area (Å²) in [7, 11) is 0. The van der Waals surface area contributed by atoms with Crippen LogP contribution in [-0.4, -0.2) is 45.6 Å². The second-order valence-corrected chi connectivity index (χ2v) is 9.09. The fraction of sp³-hybridized carbons (Fsp3) is 0.600. The molecule has 6 rings (SSSR count). The van der Waals surface area contributed by atoms with Crippen LogP contribution >= 0.6 is 0 Å². The Hall–Kier alpha value is -2.30. The van der Waals surface area contributed by atoms with E-state index in [1.165, 1.54) is 4.68 Å². The monoisotopic (exact) mass is 443 g/mol. The van der Waals surface area contributed by atoms with Crippen molar-refractivity contribution in [2.75, 3.05) is 18.0 Å². The molecule has 166 valence electrons. The number of benzene rings is 1. The van der Waals surface area contributed by atoms with Crippen molar-refractivity contribution < 1.29 is 26.3 Å². The lowest BCUT2D eigenvalue weighted by Gasteiger charge is -2.30. The predicted octanol–water partition coefficient (Wildman–Crippen LogP) is 3.35. The summed E-state index contributed by atoms with van der Waals surface area (Å²) >= 11 is 0. The van der Waals surface area contributed by atoms with E-state index in [9.17, 15) is 26.3 Å². The van der Waals surface area contributed by atoms with E-state index in [0.717, 1.165) is 38.1 Å². The van der Waals surface area contributed by atoms with E-state index in [4.69, 9.17) is 0 Å². The standard InChI is InChI=1S/C20H19F6N5/c21-13-2-1-11(14(22)15(13)23)12-5-10(20(24,25)26)7-30-17(12)28-18(29-30)31-16-9-3-4-19(16,31)8-27-6-9/h1-2,9-10,12,16,27H,3-8H2/t9-,10?,12?,16-,19-,31?/m0/s1. The van der Waals surface area contributed by atoms with Gasteiger partial charge in [0.05, 0.1) is 24.0 Å². The highest BCUT2D eigenvalue weighted by Crippen LogP contribution is 2.59. The minimum atomic E-state index is -4.54. The van der Waals surface area contributed by atoms with Crippen LogP contribution in [0, 0.1) is 29.3 Å². The molecule has 1 saturated carbocycles. The first-order valence-corrected chi connectivity index (χ1v) is 10.4. The van der Waals surface area contributed by atoms with Gasteiger partial charge < -0.3 is 10.2 Å². The summed E-state index contributed by atoms with van der Waals surface area (Å²) in [6.07, 6.45) is -2.98. The van der Waals surface area contributed by atoms with Crippen LogP contribution in [0.4, 0.5) is 32.3 Å². The van der Waals surface area contributed by atoms with Gasteiger partial charge in [0.15, 0.2) is 17.5 Å². The third-order valence-electron chi connectivity index (χ3n) is 7.51. The van der Waals surface area contributed by atoms with Crippen LogP contribution in [0.3, 0.4) is 0 Å². The molecular formula is C20H19F6N5. The Morgan fingerprint density at radius 2 is 1.94 bits per heavy atom. The molecule has 2 aromatic rings. The molecule has 2 bridgehead atoms. The van der Waals surface area contributed by atoms with Crippen molar-refractivity contribution in [1.82, 2.24) is 20.1 Å². The number of hydrogen-bond acceptors (Lipinski definition) is 4. The molecule has 0 radical (unpaired) electrons. The van der Waals surface area contributed by atoms with Gasteiger partial charge >= 0.3 is 6.18 Å². The minimum Gasteiger partial charge on any atom is -0.325 e. The quantitative estimate of drug-likeness (QED) is 0.440. The van der Waals surface area contributed by atoms with Crippen molar-refractivity contribution in [2.24, 2.45) is 11.8 Å². The Morgan fingerprint density at radius 3 is 2.68 bits per heavy atom. The van der Waals surface area contributed by atoms with E-state index >= 15 is 0 Å². The van der Waals surface area contributed by atoms with Crippen LogP contribution < -0.4 is 10.2 Å². The zero-order valence-electron chi connectivity index (χ0n) is 16.3. The molecular weight excluding hydrogens is 424 g/mol. The van der Waals surface area contributed by atoms with Crippen molar-refractivity contribution in [3.63, 3.8) is 0 Å². The molecule has 4 aliphatic rings. The van der Waals surface area contributed by atoms with Gasteiger partial charge in [0, 0.05) is 24.6 Å². The summed E-state index contributed by atoms with van der Waals surface area (Å²) in [4.78, 5) is 6.58. The number of piperidine rings is 2. The number of nitrogens with zero attached hydrogens (tertiary/aromatic N) is 4. The summed E-state index contributed by atoms with van der Waals surface area (Å²) in [6, 6.07) is 1.99. The first-order valence-electron chi connectivity index (χ1n) is 10.4. The predicted molar refractivity (Wildman–Crippen MR) is 96.9 cm³/mol. The zero-order chi connectivity index (χ0) is 21.7. The largest absolute Gasteiger partial charge is 0.393 e. The SMILES string of the molecule is Fc1ccc(C2CC(C(F)(F)F)Cn3nc(N4[C@H]5[C@H]6CC[C@]54CNC6)nc32)c(F)c1F. The first-order chi connectivity index (χ1) is 14.7. The summed E-state index contributed by atoms with van der Waals surface area (Å²) < 4.78 is 83.8. The van der Waals surface area contributed by atoms with E-state index in [1.807, 2.05) is 0 Å². The molecule has 3 aliphatic heterocycles. The fourth-order valence-electron chi connectivity index (χ4n) is 6.02. The number of rotatable bonds is 2. The lowest BCUT2D eigenvalue weighted by molar-refractivity contribution is -0.184. The molecule has 0 spiro atoms. The van der Waals surface area contributed by atoms with Crippen molar-refractivity contribution in [3.05, 3.63) is 41.0 Å². The van der Waals surface area contributed by atoms with E-state index in [1.54, 1.807) is 0 Å². The number of aromatic nitrogens is 3. The van der Waals surface area contributed by atoms with Gasteiger partial charge in [-0.3, -0.25) is 0 Å². The van der Waals surface area contributed by atoms with Gasteiger partial charge in [-0.05, 0) is 31.2 Å². The minimum absolute atomic E-state index is 0.105. The molecule has 5 nitrogen and oxygen atoms in total. The summed E-state index contributed by atoms with van der Waals surface area (Å²) in [5, 5.41) is 7.76. The van der Waals surface area contributed by atoms with Crippen molar-refractivity contribution in [1.29, 1.82) is 0 Å². The van der Waals surface area contributed by atoms with E-state index in [0.29, 0.717) is 11.9 Å². The zero-order valence-corrected chi connectivity index (χ0v) is 16.3. The highest BCUT2D eigenvalue weighted by atomic mass is 19.4. The average Bonchev–Trinajstić information content (AvgIpc) is 3.12. The van der Waals surface area contributed by atoms with Gasteiger partial charge in [-0.25, -0.2) is 17.9 Å². The molecule has 1 aromatic heterocycles. The van der Waals surface area contributed by atoms with Crippen LogP contribution in [0.2, 0.25) is 0 Å². The molecule has 1 aromatic carbocycles. The number of alkyl halides is 3. The molecule has 2 saturated heterocycles. The molecule has 0 amide bonds. The van der Waals surface area contributed by atoms with Crippen LogP contribution in [0.25, 0.3) is 0 Å². The van der Waals surface area contributed by atoms with E-state index in [2.05, 4.69) is 20.3 Å². The topological polar surface area (TPSA) is 45.8 Å². The van der Waals surface area contributed by atoms with Gasteiger partial charge in [-0.15, -0.1) is 5.10 Å². The maximum absolute atomic E-state index is 14.5. The van der Waals surface area contributed by atoms with Gasteiger partial charge in [0.1, 0.15) is 5.82 Å². The van der Waals surface area contributed by atoms with Crippen LogP contribution in [0.5, 0.6) is 0 Å². The maximum atomic E-state index is 14.5. The number of nitrogens with one attached hydrogen (secondary N) is 1. The summed E-state index contributed by atoms with van der Waals surface area (Å²) in [6.45, 7) is 1.22. The number of halogens is 6. The molecule has 3 fully saturated rings. The highest BCUT2D eigenvalue weighted by Gasteiger charge is 2.71. The van der Waals surface area contributed by atoms with Gasteiger partial charge in [-0.1, -0.05) is 6.07 Å². The van der Waals surface area contributed by atoms with Crippen LogP contribution in [0.1, 0.15) is 36.6 Å². The molecule has 11 heteroatoms. The van der Waals surface area contributed by atoms with Crippen molar-refractivity contribution in [2.45, 2.75) is 49.5 Å². The Kier molecular flexibility index (Phi) is 3.84. The first kappa shape index (κ1) is 19.4. The molecule has 4 heterocycles. The van der Waals surface area contributed by atoms with Crippen LogP contribution in [-0.2, 0) is 6.54 Å². The smallest absolute Gasteiger partial charge is 0.325 e. The average molecular weight is 443 g/mol. The van der Waals surface area contributed by atoms with Crippen LogP contribution in [0.15, 0.2) is 12.1 Å². The molecule has 1 N–H and O–H groups in total. The number of fused-ring (bicyclic) bond motifs is 1. The number of hydrogen-bond donors (Lipinski definition) is 1. The van der Waals surface area contributed by atoms with Gasteiger partial charge in [0.25, 0.3) is 0 Å². The second kappa shape index (κ2) is 6.14. The normalized spacial score (nSPS) is 33.9. The molecule has 5 atom stereocenters. The molecule has 31 heavy (non-hydrogen) atoms. The summed E-state index contributed by atoms with van der Waals surface area (Å²) in [5.74, 6) is -6.60. The number of anilines is 1.